The molecule has 5 heteroatoms. The van der Waals surface area contributed by atoms with E-state index in [1.54, 1.807) is 11.3 Å². The van der Waals surface area contributed by atoms with Crippen molar-refractivity contribution >= 4 is 17.2 Å². The van der Waals surface area contributed by atoms with Crippen molar-refractivity contribution in [1.29, 1.82) is 0 Å². The Kier molecular flexibility index (Phi) is 7.92. The Morgan fingerprint density at radius 1 is 1.17 bits per heavy atom. The number of nitrogens with one attached hydrogen (secondary N) is 1. The van der Waals surface area contributed by atoms with Gasteiger partial charge >= 0.3 is 0 Å². The maximum atomic E-state index is 12.1. The summed E-state index contributed by atoms with van der Waals surface area (Å²) in [6.07, 6.45) is 2.89. The van der Waals surface area contributed by atoms with E-state index in [0.717, 1.165) is 43.9 Å². The number of carbonyl (C=O) groups excluding carboxylic acids is 1. The van der Waals surface area contributed by atoms with E-state index in [4.69, 9.17) is 0 Å². The summed E-state index contributed by atoms with van der Waals surface area (Å²) in [5.41, 5.74) is 1.75. The van der Waals surface area contributed by atoms with Gasteiger partial charge in [0.2, 0.25) is 0 Å². The first-order valence-corrected chi connectivity index (χ1v) is 9.59. The molecule has 0 aliphatic carbocycles. The molecule has 0 atom stereocenters. The molecule has 0 aliphatic rings. The van der Waals surface area contributed by atoms with E-state index < -0.39 is 0 Å². The highest BCUT2D eigenvalue weighted by atomic mass is 32.1. The maximum absolute atomic E-state index is 12.1. The third kappa shape index (κ3) is 6.06. The number of aromatic nitrogens is 1. The van der Waals surface area contributed by atoms with Crippen LogP contribution in [0, 0.1) is 0 Å². The number of thiazole rings is 1. The molecule has 1 N–H and O–H groups in total. The molecule has 2 aromatic rings. The van der Waals surface area contributed by atoms with Crippen LogP contribution in [0.1, 0.15) is 47.7 Å². The van der Waals surface area contributed by atoms with E-state index in [0.29, 0.717) is 12.2 Å². The molecule has 0 unspecified atom stereocenters. The second kappa shape index (κ2) is 10.2. The topological polar surface area (TPSA) is 45.2 Å². The fourth-order valence-electron chi connectivity index (χ4n) is 2.56. The first-order valence-electron chi connectivity index (χ1n) is 8.71. The van der Waals surface area contributed by atoms with E-state index in [1.165, 1.54) is 5.56 Å². The highest BCUT2D eigenvalue weighted by Crippen LogP contribution is 2.14. The normalized spacial score (nSPS) is 11.0. The van der Waals surface area contributed by atoms with Crippen LogP contribution in [0.2, 0.25) is 0 Å². The summed E-state index contributed by atoms with van der Waals surface area (Å²) >= 11 is 1.55. The summed E-state index contributed by atoms with van der Waals surface area (Å²) in [7, 11) is 0. The van der Waals surface area contributed by atoms with Crippen LogP contribution in [-0.4, -0.2) is 42.0 Å². The SMILES string of the molecule is CCN(CC)CCCCNC(=O)c1csc(Cc2ccccc2)n1. The molecule has 130 valence electrons. The van der Waals surface area contributed by atoms with Gasteiger partial charge in [-0.2, -0.15) is 0 Å². The number of amides is 1. The first kappa shape index (κ1) is 18.6. The summed E-state index contributed by atoms with van der Waals surface area (Å²) in [6.45, 7) is 8.35. The Hall–Kier alpha value is -1.72. The largest absolute Gasteiger partial charge is 0.351 e. The number of benzene rings is 1. The van der Waals surface area contributed by atoms with Gasteiger partial charge < -0.3 is 10.2 Å². The number of hydrogen-bond donors (Lipinski definition) is 1. The van der Waals surface area contributed by atoms with E-state index in [2.05, 4.69) is 41.2 Å². The highest BCUT2D eigenvalue weighted by molar-refractivity contribution is 7.09. The van der Waals surface area contributed by atoms with Gasteiger partial charge in [-0.1, -0.05) is 44.2 Å². The molecule has 0 spiro atoms. The number of unbranched alkanes of at least 4 members (excludes halogenated alkanes) is 1. The molecular formula is C19H27N3OS. The quantitative estimate of drug-likeness (QED) is 0.669. The molecule has 1 heterocycles. The van der Waals surface area contributed by atoms with Crippen molar-refractivity contribution in [3.05, 3.63) is 52.0 Å². The van der Waals surface area contributed by atoms with Gasteiger partial charge in [-0.3, -0.25) is 4.79 Å². The van der Waals surface area contributed by atoms with Gasteiger partial charge in [0.1, 0.15) is 5.69 Å². The van der Waals surface area contributed by atoms with Crippen molar-refractivity contribution in [2.24, 2.45) is 0 Å². The third-order valence-corrected chi connectivity index (χ3v) is 4.91. The molecular weight excluding hydrogens is 318 g/mol. The van der Waals surface area contributed by atoms with Gasteiger partial charge in [-0.25, -0.2) is 4.98 Å². The lowest BCUT2D eigenvalue weighted by Gasteiger charge is -2.17. The molecule has 1 aromatic carbocycles. The molecule has 4 nitrogen and oxygen atoms in total. The number of nitrogens with zero attached hydrogens (tertiary/aromatic N) is 2. The van der Waals surface area contributed by atoms with Crippen molar-refractivity contribution in [2.75, 3.05) is 26.2 Å². The number of hydrogen-bond acceptors (Lipinski definition) is 4. The second-order valence-electron chi connectivity index (χ2n) is 5.78. The molecule has 1 amide bonds. The fraction of sp³-hybridized carbons (Fsp3) is 0.474. The average molecular weight is 346 g/mol. The van der Waals surface area contributed by atoms with Crippen LogP contribution in [0.4, 0.5) is 0 Å². The first-order chi connectivity index (χ1) is 11.7. The minimum Gasteiger partial charge on any atom is -0.351 e. The van der Waals surface area contributed by atoms with Crippen LogP contribution in [0.25, 0.3) is 0 Å². The van der Waals surface area contributed by atoms with Gasteiger partial charge in [0.15, 0.2) is 0 Å². The van der Waals surface area contributed by atoms with E-state index in [1.807, 2.05) is 23.6 Å². The lowest BCUT2D eigenvalue weighted by molar-refractivity contribution is 0.0948. The van der Waals surface area contributed by atoms with Crippen LogP contribution in [0.3, 0.4) is 0 Å². The predicted octanol–water partition coefficient (Wildman–Crippen LogP) is 3.59. The molecule has 0 aliphatic heterocycles. The van der Waals surface area contributed by atoms with Gasteiger partial charge in [0.05, 0.1) is 5.01 Å². The van der Waals surface area contributed by atoms with Crippen molar-refractivity contribution in [3.8, 4) is 0 Å². The van der Waals surface area contributed by atoms with E-state index in [9.17, 15) is 4.79 Å². The zero-order valence-corrected chi connectivity index (χ0v) is 15.4. The van der Waals surface area contributed by atoms with Crippen molar-refractivity contribution in [3.63, 3.8) is 0 Å². The summed E-state index contributed by atoms with van der Waals surface area (Å²) in [5, 5.41) is 5.80. The average Bonchev–Trinajstić information content (AvgIpc) is 3.07. The predicted molar refractivity (Wildman–Crippen MR) is 101 cm³/mol. The molecule has 0 fully saturated rings. The molecule has 0 radical (unpaired) electrons. The van der Waals surface area contributed by atoms with E-state index in [-0.39, 0.29) is 5.91 Å². The lowest BCUT2D eigenvalue weighted by atomic mass is 10.2. The van der Waals surface area contributed by atoms with Crippen molar-refractivity contribution in [2.45, 2.75) is 33.1 Å². The monoisotopic (exact) mass is 345 g/mol. The van der Waals surface area contributed by atoms with Crippen molar-refractivity contribution < 1.29 is 4.79 Å². The van der Waals surface area contributed by atoms with Crippen molar-refractivity contribution in [1.82, 2.24) is 15.2 Å². The molecule has 2 rings (SSSR count). The zero-order chi connectivity index (χ0) is 17.2. The Morgan fingerprint density at radius 2 is 1.92 bits per heavy atom. The molecule has 0 bridgehead atoms. The van der Waals surface area contributed by atoms with E-state index >= 15 is 0 Å². The summed E-state index contributed by atoms with van der Waals surface area (Å²) in [6, 6.07) is 10.2. The smallest absolute Gasteiger partial charge is 0.270 e. The fourth-order valence-corrected chi connectivity index (χ4v) is 3.37. The van der Waals surface area contributed by atoms with Crippen LogP contribution < -0.4 is 5.32 Å². The molecule has 24 heavy (non-hydrogen) atoms. The molecule has 0 saturated heterocycles. The van der Waals surface area contributed by atoms with Crippen LogP contribution in [0.5, 0.6) is 0 Å². The van der Waals surface area contributed by atoms with Gasteiger partial charge in [-0.15, -0.1) is 11.3 Å². The molecule has 1 aromatic heterocycles. The van der Waals surface area contributed by atoms with Crippen LogP contribution >= 0.6 is 11.3 Å². The minimum absolute atomic E-state index is 0.0617. The van der Waals surface area contributed by atoms with Gasteiger partial charge in [-0.05, 0) is 38.0 Å². The summed E-state index contributed by atoms with van der Waals surface area (Å²) in [5.74, 6) is -0.0617. The Bertz CT molecular complexity index is 608. The Morgan fingerprint density at radius 3 is 2.62 bits per heavy atom. The number of carbonyl (C=O) groups is 1. The highest BCUT2D eigenvalue weighted by Gasteiger charge is 2.10. The van der Waals surface area contributed by atoms with Crippen LogP contribution in [-0.2, 0) is 6.42 Å². The maximum Gasteiger partial charge on any atom is 0.270 e. The molecule has 0 saturated carbocycles. The minimum atomic E-state index is -0.0617. The Balaban J connectivity index is 1.71. The van der Waals surface area contributed by atoms with Gasteiger partial charge in [0, 0.05) is 18.3 Å². The van der Waals surface area contributed by atoms with Crippen LogP contribution in [0.15, 0.2) is 35.7 Å². The summed E-state index contributed by atoms with van der Waals surface area (Å²) < 4.78 is 0. The standard InChI is InChI=1S/C19H27N3OS/c1-3-22(4-2)13-9-8-12-20-19(23)17-15-24-18(21-17)14-16-10-6-5-7-11-16/h5-7,10-11,15H,3-4,8-9,12-14H2,1-2H3,(H,20,23). The Labute approximate surface area is 148 Å². The summed E-state index contributed by atoms with van der Waals surface area (Å²) in [4.78, 5) is 19.0. The van der Waals surface area contributed by atoms with Gasteiger partial charge in [0.25, 0.3) is 5.91 Å². The number of rotatable bonds is 10. The second-order valence-corrected chi connectivity index (χ2v) is 6.72. The third-order valence-electron chi connectivity index (χ3n) is 4.06. The zero-order valence-electron chi connectivity index (χ0n) is 14.6. The lowest BCUT2D eigenvalue weighted by Crippen LogP contribution is -2.27.